The first kappa shape index (κ1) is 24.9. The summed E-state index contributed by atoms with van der Waals surface area (Å²) in [6.45, 7) is 9.56. The molecule has 1 aromatic heterocycles. The van der Waals surface area contributed by atoms with Crippen molar-refractivity contribution in [3.8, 4) is 11.5 Å². The number of nitrogens with one attached hydrogen (secondary N) is 1. The molecule has 9 nitrogen and oxygen atoms in total. The molecule has 0 unspecified atom stereocenters. The van der Waals surface area contributed by atoms with Gasteiger partial charge in [0, 0.05) is 18.2 Å². The van der Waals surface area contributed by atoms with Gasteiger partial charge >= 0.3 is 17.6 Å². The topological polar surface area (TPSA) is 117 Å². The number of rotatable bonds is 4. The molecule has 0 amide bonds. The lowest BCUT2D eigenvalue weighted by Crippen LogP contribution is -2.50. The highest BCUT2D eigenvalue weighted by atomic mass is 35.5. The molecule has 1 saturated heterocycles. The van der Waals surface area contributed by atoms with Gasteiger partial charge in [-0.05, 0) is 6.42 Å². The molecule has 1 N–H and O–H groups in total. The minimum absolute atomic E-state index is 0.0193. The van der Waals surface area contributed by atoms with Crippen LogP contribution in [-0.4, -0.2) is 53.8 Å². The monoisotopic (exact) mass is 470 g/mol. The van der Waals surface area contributed by atoms with E-state index in [9.17, 15) is 19.2 Å². The number of ether oxygens (including phenoxy) is 3. The number of hydrogen-bond acceptors (Lipinski definition) is 7. The van der Waals surface area contributed by atoms with Gasteiger partial charge in [0.25, 0.3) is 5.56 Å². The van der Waals surface area contributed by atoms with Crippen LogP contribution in [0.4, 0.5) is 0 Å². The van der Waals surface area contributed by atoms with Gasteiger partial charge in [-0.1, -0.05) is 39.4 Å². The van der Waals surface area contributed by atoms with Gasteiger partial charge in [0.2, 0.25) is 5.60 Å². The highest BCUT2D eigenvalue weighted by Gasteiger charge is 2.64. The zero-order valence-electron chi connectivity index (χ0n) is 18.4. The maximum atomic E-state index is 12.6. The van der Waals surface area contributed by atoms with Gasteiger partial charge in [0.1, 0.15) is 8.07 Å². The summed E-state index contributed by atoms with van der Waals surface area (Å²) in [5.74, 6) is -0.0676. The van der Waals surface area contributed by atoms with E-state index >= 15 is 0 Å². The fraction of sp³-hybridized carbons (Fsp3) is 0.600. The number of methoxy groups -OCH3 is 1. The number of aromatic nitrogens is 2. The number of hydrogen-bond donors (Lipinski definition) is 1. The Morgan fingerprint density at radius 1 is 1.32 bits per heavy atom. The van der Waals surface area contributed by atoms with Crippen LogP contribution in [0, 0.1) is 17.4 Å². The maximum absolute atomic E-state index is 12.6. The SMILES string of the molecule is CC[C@@]1(CCl)O[C@@H](n2ccc(=O)[nH]c2=O)[C@@](C#C[Si](C)(C)C)(OC(=O)C(=O)OC)[C@@H]1C. The molecular weight excluding hydrogens is 444 g/mol. The average Bonchev–Trinajstić information content (AvgIpc) is 2.94. The van der Waals surface area contributed by atoms with Crippen LogP contribution >= 0.6 is 11.6 Å². The molecule has 0 aromatic carbocycles. The van der Waals surface area contributed by atoms with Crippen molar-refractivity contribution in [2.75, 3.05) is 13.0 Å². The molecular formula is C20H27ClN2O7Si. The van der Waals surface area contributed by atoms with Gasteiger partial charge in [-0.3, -0.25) is 14.3 Å². The summed E-state index contributed by atoms with van der Waals surface area (Å²) < 4.78 is 17.5. The molecule has 0 radical (unpaired) electrons. The number of esters is 2. The Labute approximate surface area is 186 Å². The van der Waals surface area contributed by atoms with E-state index in [1.807, 2.05) is 26.6 Å². The Bertz CT molecular complexity index is 1030. The van der Waals surface area contributed by atoms with Gasteiger partial charge in [0.15, 0.2) is 6.23 Å². The van der Waals surface area contributed by atoms with E-state index in [2.05, 4.69) is 21.2 Å². The van der Waals surface area contributed by atoms with Gasteiger partial charge in [-0.15, -0.1) is 17.1 Å². The molecule has 0 saturated carbocycles. The molecule has 11 heteroatoms. The largest absolute Gasteiger partial charge is 0.461 e. The summed E-state index contributed by atoms with van der Waals surface area (Å²) in [7, 11) is -0.957. The van der Waals surface area contributed by atoms with Crippen LogP contribution in [0.5, 0.6) is 0 Å². The third kappa shape index (κ3) is 4.79. The standard InChI is InChI=1S/C20H27ClN2O7Si/c1-7-19(12-21)13(2)20(9-11-31(4,5)6,29-16(26)15(25)28-3)17(30-19)23-10-8-14(24)22-18(23)27/h8,10,13,17H,7,12H2,1-6H3,(H,22,24,27)/t13-,17-,19+,20+/m1/s1. The summed E-state index contributed by atoms with van der Waals surface area (Å²) in [5, 5.41) is 0. The molecule has 1 aromatic rings. The Morgan fingerprint density at radius 2 is 1.97 bits per heavy atom. The minimum atomic E-state index is -2.01. The van der Waals surface area contributed by atoms with E-state index in [0.717, 1.165) is 17.7 Å². The van der Waals surface area contributed by atoms with E-state index in [-0.39, 0.29) is 5.88 Å². The van der Waals surface area contributed by atoms with E-state index in [4.69, 9.17) is 21.1 Å². The summed E-state index contributed by atoms with van der Waals surface area (Å²) in [6, 6.07) is 1.14. The van der Waals surface area contributed by atoms with E-state index in [0.29, 0.717) is 6.42 Å². The molecule has 170 valence electrons. The summed E-state index contributed by atoms with van der Waals surface area (Å²) in [6.07, 6.45) is 0.386. The van der Waals surface area contributed by atoms with Crippen LogP contribution < -0.4 is 11.2 Å². The number of carbonyl (C=O) groups excluding carboxylic acids is 2. The molecule has 1 fully saturated rings. The lowest BCUT2D eigenvalue weighted by atomic mass is 9.78. The van der Waals surface area contributed by atoms with Crippen molar-refractivity contribution in [1.29, 1.82) is 0 Å². The molecule has 0 spiro atoms. The smallest absolute Gasteiger partial charge is 0.419 e. The van der Waals surface area contributed by atoms with Crippen LogP contribution in [-0.2, 0) is 23.8 Å². The zero-order chi connectivity index (χ0) is 23.6. The van der Waals surface area contributed by atoms with Crippen LogP contribution in [0.2, 0.25) is 19.6 Å². The van der Waals surface area contributed by atoms with E-state index in [1.165, 1.54) is 6.20 Å². The second kappa shape index (κ2) is 9.02. The van der Waals surface area contributed by atoms with Crippen LogP contribution in [0.15, 0.2) is 21.9 Å². The summed E-state index contributed by atoms with van der Waals surface area (Å²) >= 11 is 6.28. The predicted octanol–water partition coefficient (Wildman–Crippen LogP) is 1.42. The Hall–Kier alpha value is -2.35. The highest BCUT2D eigenvalue weighted by molar-refractivity contribution is 6.83. The minimum Gasteiger partial charge on any atom is -0.461 e. The molecule has 1 aliphatic heterocycles. The molecule has 2 heterocycles. The fourth-order valence-corrected chi connectivity index (χ4v) is 4.47. The molecule has 4 atom stereocenters. The van der Waals surface area contributed by atoms with Gasteiger partial charge < -0.3 is 14.2 Å². The second-order valence-electron chi connectivity index (χ2n) is 8.44. The predicted molar refractivity (Wildman–Crippen MR) is 116 cm³/mol. The molecule has 31 heavy (non-hydrogen) atoms. The lowest BCUT2D eigenvalue weighted by Gasteiger charge is -2.34. The molecule has 0 bridgehead atoms. The van der Waals surface area contributed by atoms with Crippen molar-refractivity contribution in [3.05, 3.63) is 33.1 Å². The second-order valence-corrected chi connectivity index (χ2v) is 13.5. The van der Waals surface area contributed by atoms with Crippen molar-refractivity contribution >= 4 is 31.6 Å². The van der Waals surface area contributed by atoms with Crippen molar-refractivity contribution in [3.63, 3.8) is 0 Å². The molecule has 0 aliphatic carbocycles. The van der Waals surface area contributed by atoms with Gasteiger partial charge in [-0.25, -0.2) is 14.4 Å². The Morgan fingerprint density at radius 3 is 2.45 bits per heavy atom. The van der Waals surface area contributed by atoms with Crippen molar-refractivity contribution in [1.82, 2.24) is 9.55 Å². The zero-order valence-corrected chi connectivity index (χ0v) is 20.2. The third-order valence-corrected chi connectivity index (χ3v) is 6.65. The molecule has 2 rings (SSSR count). The number of halogens is 1. The average molecular weight is 471 g/mol. The summed E-state index contributed by atoms with van der Waals surface area (Å²) in [5.41, 5.74) is -0.975. The normalized spacial score (nSPS) is 27.8. The maximum Gasteiger partial charge on any atom is 0.419 e. The van der Waals surface area contributed by atoms with Crippen LogP contribution in [0.1, 0.15) is 26.5 Å². The highest BCUT2D eigenvalue weighted by Crippen LogP contribution is 2.52. The van der Waals surface area contributed by atoms with Gasteiger partial charge in [-0.2, -0.15) is 0 Å². The lowest BCUT2D eigenvalue weighted by molar-refractivity contribution is -0.180. The van der Waals surface area contributed by atoms with Crippen molar-refractivity contribution in [2.45, 2.75) is 57.3 Å². The summed E-state index contributed by atoms with van der Waals surface area (Å²) in [4.78, 5) is 50.8. The first-order valence-corrected chi connectivity index (χ1v) is 13.8. The van der Waals surface area contributed by atoms with E-state index in [1.54, 1.807) is 6.92 Å². The molecule has 1 aliphatic rings. The van der Waals surface area contributed by atoms with Gasteiger partial charge in [0.05, 0.1) is 18.6 Å². The number of alkyl halides is 1. The number of nitrogens with zero attached hydrogens (tertiary/aromatic N) is 1. The van der Waals surface area contributed by atoms with Crippen LogP contribution in [0.3, 0.4) is 0 Å². The van der Waals surface area contributed by atoms with E-state index < -0.39 is 54.6 Å². The van der Waals surface area contributed by atoms with Crippen molar-refractivity contribution < 1.29 is 23.8 Å². The first-order valence-electron chi connectivity index (χ1n) is 9.76. The Balaban J connectivity index is 2.84. The quantitative estimate of drug-likeness (QED) is 0.232. The number of carbonyl (C=O) groups is 2. The van der Waals surface area contributed by atoms with Crippen molar-refractivity contribution in [2.24, 2.45) is 5.92 Å². The number of H-pyrrole nitrogens is 1. The number of aromatic amines is 1. The Kier molecular flexibility index (Phi) is 7.25. The van der Waals surface area contributed by atoms with Crippen LogP contribution in [0.25, 0.3) is 0 Å². The fourth-order valence-electron chi connectivity index (χ4n) is 3.42. The third-order valence-electron chi connectivity index (χ3n) is 5.32. The first-order chi connectivity index (χ1) is 14.4.